The Kier molecular flexibility index (Phi) is 9.08. The van der Waals surface area contributed by atoms with Crippen molar-refractivity contribution in [2.75, 3.05) is 30.9 Å². The van der Waals surface area contributed by atoms with Crippen molar-refractivity contribution in [2.24, 2.45) is 10.9 Å². The number of oxime groups is 1. The lowest BCUT2D eigenvalue weighted by molar-refractivity contribution is -0.116. The highest BCUT2D eigenvalue weighted by Gasteiger charge is 2.17. The van der Waals surface area contributed by atoms with Gasteiger partial charge in [0.15, 0.2) is 11.0 Å². The minimum Gasteiger partial charge on any atom is -0.494 e. The molecule has 186 valence electrons. The van der Waals surface area contributed by atoms with E-state index in [0.717, 1.165) is 35.0 Å². The number of thiazole rings is 1. The Balaban J connectivity index is 1.43. The Hall–Kier alpha value is -3.59. The summed E-state index contributed by atoms with van der Waals surface area (Å²) in [5.74, 6) is 1.17. The van der Waals surface area contributed by atoms with Gasteiger partial charge in [-0.2, -0.15) is 0 Å². The van der Waals surface area contributed by atoms with Crippen LogP contribution in [0.4, 0.5) is 10.8 Å². The maximum atomic E-state index is 12.2. The molecule has 1 heterocycles. The van der Waals surface area contributed by atoms with E-state index in [1.807, 2.05) is 31.1 Å². The number of hydrogen-bond acceptors (Lipinski definition) is 7. The normalized spacial score (nSPS) is 11.5. The molecule has 0 aliphatic rings. The highest BCUT2D eigenvalue weighted by molar-refractivity contribution is 7.16. The molecule has 9 heteroatoms. The summed E-state index contributed by atoms with van der Waals surface area (Å²) >= 11 is 1.73. The zero-order chi connectivity index (χ0) is 25.4. The Morgan fingerprint density at radius 3 is 2.43 bits per heavy atom. The van der Waals surface area contributed by atoms with Crippen molar-refractivity contribution in [1.29, 1.82) is 0 Å². The molecule has 0 saturated carbocycles. The van der Waals surface area contributed by atoms with Gasteiger partial charge in [-0.05, 0) is 67.3 Å². The first-order valence-corrected chi connectivity index (χ1v) is 12.4. The molecule has 35 heavy (non-hydrogen) atoms. The molecule has 0 aliphatic carbocycles. The molecule has 0 radical (unpaired) electrons. The van der Waals surface area contributed by atoms with E-state index in [-0.39, 0.29) is 11.7 Å². The predicted molar refractivity (Wildman–Crippen MR) is 143 cm³/mol. The molecule has 4 N–H and O–H groups in total. The Bertz CT molecular complexity index is 1140. The summed E-state index contributed by atoms with van der Waals surface area (Å²) in [4.78, 5) is 20.3. The van der Waals surface area contributed by atoms with Crippen LogP contribution in [0, 0.1) is 0 Å². The number of nitrogens with one attached hydrogen (secondary N) is 1. The lowest BCUT2D eigenvalue weighted by Crippen LogP contribution is -2.14. The minimum absolute atomic E-state index is 0.0272. The number of benzene rings is 2. The molecular formula is C26H33N5O3S. The molecule has 1 amide bonds. The standard InChI is InChI=1S/C26H33N5O3S/c1-17(2)24-23(29-26(35-24)31(3)4)18-10-14-21(15-11-18)34-16-6-5-7-22(32)28-20-12-8-19(9-13-20)25(27)30-33/h8-15,17,33H,5-7,16H2,1-4H3,(H2,27,30)(H,28,32). The van der Waals surface area contributed by atoms with Crippen LogP contribution in [0.25, 0.3) is 11.3 Å². The van der Waals surface area contributed by atoms with E-state index < -0.39 is 0 Å². The molecule has 1 aromatic heterocycles. The number of carbonyl (C=O) groups excluding carboxylic acids is 1. The third-order valence-corrected chi connectivity index (χ3v) is 6.84. The summed E-state index contributed by atoms with van der Waals surface area (Å²) in [6, 6.07) is 14.8. The fraction of sp³-hybridized carbons (Fsp3) is 0.346. The maximum absolute atomic E-state index is 12.2. The van der Waals surface area contributed by atoms with Crippen LogP contribution in [0.15, 0.2) is 53.7 Å². The fourth-order valence-electron chi connectivity index (χ4n) is 3.40. The predicted octanol–water partition coefficient (Wildman–Crippen LogP) is 5.28. The number of hydrogen-bond donors (Lipinski definition) is 3. The van der Waals surface area contributed by atoms with Crippen LogP contribution in [0.2, 0.25) is 0 Å². The van der Waals surface area contributed by atoms with Crippen molar-refractivity contribution in [3.05, 3.63) is 59.0 Å². The highest BCUT2D eigenvalue weighted by atomic mass is 32.1. The Labute approximate surface area is 210 Å². The molecule has 0 unspecified atom stereocenters. The highest BCUT2D eigenvalue weighted by Crippen LogP contribution is 2.37. The lowest BCUT2D eigenvalue weighted by atomic mass is 10.1. The first kappa shape index (κ1) is 26.0. The SMILES string of the molecule is CC(C)c1sc(N(C)C)nc1-c1ccc(OCCCCC(=O)Nc2ccc(/C(N)=N\O)cc2)cc1. The van der Waals surface area contributed by atoms with Crippen molar-refractivity contribution in [1.82, 2.24) is 4.98 Å². The Morgan fingerprint density at radius 2 is 1.83 bits per heavy atom. The number of nitrogens with zero attached hydrogens (tertiary/aromatic N) is 3. The first-order valence-electron chi connectivity index (χ1n) is 11.6. The van der Waals surface area contributed by atoms with E-state index in [2.05, 4.69) is 36.5 Å². The smallest absolute Gasteiger partial charge is 0.224 e. The van der Waals surface area contributed by atoms with Gasteiger partial charge in [0.25, 0.3) is 0 Å². The summed E-state index contributed by atoms with van der Waals surface area (Å²) < 4.78 is 5.86. The molecule has 0 aliphatic heterocycles. The van der Waals surface area contributed by atoms with Crippen LogP contribution >= 0.6 is 11.3 Å². The largest absolute Gasteiger partial charge is 0.494 e. The number of anilines is 2. The first-order chi connectivity index (χ1) is 16.8. The van der Waals surface area contributed by atoms with Crippen LogP contribution in [-0.4, -0.2) is 42.6 Å². The van der Waals surface area contributed by atoms with E-state index in [4.69, 9.17) is 20.7 Å². The zero-order valence-corrected chi connectivity index (χ0v) is 21.4. The number of rotatable bonds is 11. The summed E-state index contributed by atoms with van der Waals surface area (Å²) in [5, 5.41) is 15.5. The van der Waals surface area contributed by atoms with Crippen LogP contribution in [0.5, 0.6) is 5.75 Å². The average Bonchev–Trinajstić information content (AvgIpc) is 3.31. The summed E-state index contributed by atoms with van der Waals surface area (Å²) in [7, 11) is 4.02. The third kappa shape index (κ3) is 7.19. The van der Waals surface area contributed by atoms with E-state index >= 15 is 0 Å². The number of ether oxygens (including phenoxy) is 1. The van der Waals surface area contributed by atoms with E-state index in [1.54, 1.807) is 35.6 Å². The molecular weight excluding hydrogens is 462 g/mol. The van der Waals surface area contributed by atoms with Gasteiger partial charge in [0.05, 0.1) is 12.3 Å². The second kappa shape index (κ2) is 12.2. The lowest BCUT2D eigenvalue weighted by Gasteiger charge is -2.09. The quantitative estimate of drug-likeness (QED) is 0.110. The molecule has 0 spiro atoms. The van der Waals surface area contributed by atoms with E-state index in [0.29, 0.717) is 30.2 Å². The van der Waals surface area contributed by atoms with E-state index in [9.17, 15) is 4.79 Å². The third-order valence-electron chi connectivity index (χ3n) is 5.32. The second-order valence-corrected chi connectivity index (χ2v) is 9.71. The van der Waals surface area contributed by atoms with Gasteiger partial charge in [-0.25, -0.2) is 4.98 Å². The van der Waals surface area contributed by atoms with Crippen molar-refractivity contribution in [3.63, 3.8) is 0 Å². The zero-order valence-electron chi connectivity index (χ0n) is 20.6. The molecule has 0 atom stereocenters. The topological polar surface area (TPSA) is 113 Å². The number of amides is 1. The molecule has 3 rings (SSSR count). The van der Waals surface area contributed by atoms with Gasteiger partial charge in [0.2, 0.25) is 5.91 Å². The van der Waals surface area contributed by atoms with Gasteiger partial charge >= 0.3 is 0 Å². The number of unbranched alkanes of at least 4 members (excludes halogenated alkanes) is 1. The van der Waals surface area contributed by atoms with Crippen LogP contribution in [0.1, 0.15) is 49.5 Å². The molecule has 0 saturated heterocycles. The maximum Gasteiger partial charge on any atom is 0.224 e. The molecule has 0 fully saturated rings. The number of aromatic nitrogens is 1. The molecule has 2 aromatic carbocycles. The van der Waals surface area contributed by atoms with Crippen LogP contribution < -0.4 is 20.7 Å². The van der Waals surface area contributed by atoms with Gasteiger partial charge < -0.3 is 25.9 Å². The minimum atomic E-state index is -0.0628. The summed E-state index contributed by atoms with van der Waals surface area (Å²) in [6.07, 6.45) is 1.89. The van der Waals surface area contributed by atoms with Gasteiger partial charge in [0, 0.05) is 42.2 Å². The molecule has 0 bridgehead atoms. The van der Waals surface area contributed by atoms with Crippen LogP contribution in [0.3, 0.4) is 0 Å². The van der Waals surface area contributed by atoms with Gasteiger partial charge in [-0.1, -0.05) is 19.0 Å². The van der Waals surface area contributed by atoms with Gasteiger partial charge in [-0.15, -0.1) is 11.3 Å². The van der Waals surface area contributed by atoms with Crippen molar-refractivity contribution in [3.8, 4) is 17.0 Å². The fourth-order valence-corrected chi connectivity index (χ4v) is 4.41. The Morgan fingerprint density at radius 1 is 1.14 bits per heavy atom. The second-order valence-electron chi connectivity index (χ2n) is 8.70. The van der Waals surface area contributed by atoms with E-state index in [1.165, 1.54) is 4.88 Å². The average molecular weight is 496 g/mol. The summed E-state index contributed by atoms with van der Waals surface area (Å²) in [5.41, 5.74) is 8.91. The van der Waals surface area contributed by atoms with Gasteiger partial charge in [0.1, 0.15) is 5.75 Å². The number of carbonyl (C=O) groups is 1. The van der Waals surface area contributed by atoms with Crippen molar-refractivity contribution in [2.45, 2.75) is 39.0 Å². The van der Waals surface area contributed by atoms with Crippen molar-refractivity contribution < 1.29 is 14.7 Å². The van der Waals surface area contributed by atoms with Crippen LogP contribution in [-0.2, 0) is 4.79 Å². The monoisotopic (exact) mass is 495 g/mol. The molecule has 3 aromatic rings. The number of amidine groups is 1. The molecule has 8 nitrogen and oxygen atoms in total. The van der Waals surface area contributed by atoms with Crippen molar-refractivity contribution >= 4 is 33.9 Å². The summed E-state index contributed by atoms with van der Waals surface area (Å²) in [6.45, 7) is 4.92. The van der Waals surface area contributed by atoms with Gasteiger partial charge in [-0.3, -0.25) is 4.79 Å². The number of nitrogens with two attached hydrogens (primary N) is 1.